The van der Waals surface area contributed by atoms with Gasteiger partial charge in [-0.05, 0) is 29.8 Å². The van der Waals surface area contributed by atoms with Crippen LogP contribution in [0.3, 0.4) is 0 Å². The molecule has 1 aromatic carbocycles. The fourth-order valence-electron chi connectivity index (χ4n) is 1.94. The zero-order valence-electron chi connectivity index (χ0n) is 12.6. The van der Waals surface area contributed by atoms with Gasteiger partial charge in [0.2, 0.25) is 0 Å². The lowest BCUT2D eigenvalue weighted by molar-refractivity contribution is 0.240. The van der Waals surface area contributed by atoms with Crippen LogP contribution < -0.4 is 15.5 Å². The fourth-order valence-corrected chi connectivity index (χ4v) is 1.94. The van der Waals surface area contributed by atoms with Crippen LogP contribution in [0, 0.1) is 5.82 Å². The van der Waals surface area contributed by atoms with Crippen LogP contribution in [0.2, 0.25) is 0 Å². The van der Waals surface area contributed by atoms with Gasteiger partial charge >= 0.3 is 6.03 Å². The van der Waals surface area contributed by atoms with E-state index in [0.717, 1.165) is 5.69 Å². The van der Waals surface area contributed by atoms with Gasteiger partial charge in [-0.3, -0.25) is 4.98 Å². The van der Waals surface area contributed by atoms with Crippen molar-refractivity contribution in [3.8, 4) is 0 Å². The number of aromatic nitrogens is 1. The summed E-state index contributed by atoms with van der Waals surface area (Å²) in [4.78, 5) is 17.5. The molecule has 2 N–H and O–H groups in total. The number of amides is 2. The first-order valence-corrected chi connectivity index (χ1v) is 6.93. The fraction of sp³-hybridized carbons (Fsp3) is 0.250. The van der Waals surface area contributed by atoms with Crippen molar-refractivity contribution in [2.45, 2.75) is 13.1 Å². The quantitative estimate of drug-likeness (QED) is 0.891. The summed E-state index contributed by atoms with van der Waals surface area (Å²) in [5.74, 6) is -0.307. The van der Waals surface area contributed by atoms with E-state index in [4.69, 9.17) is 0 Å². The molecule has 0 aliphatic carbocycles. The van der Waals surface area contributed by atoms with Crippen molar-refractivity contribution in [1.29, 1.82) is 0 Å². The van der Waals surface area contributed by atoms with Gasteiger partial charge in [0, 0.05) is 26.8 Å². The number of hydrogen-bond acceptors (Lipinski definition) is 3. The molecule has 0 unspecified atom stereocenters. The Bertz CT molecular complexity index is 631. The Morgan fingerprint density at radius 2 is 1.95 bits per heavy atom. The molecule has 6 heteroatoms. The number of rotatable bonds is 5. The average Bonchev–Trinajstić information content (AvgIpc) is 2.51. The summed E-state index contributed by atoms with van der Waals surface area (Å²) in [5.41, 5.74) is 2.00. The van der Waals surface area contributed by atoms with Crippen LogP contribution in [0.1, 0.15) is 11.3 Å². The van der Waals surface area contributed by atoms with Crippen molar-refractivity contribution in [3.05, 3.63) is 59.7 Å². The molecule has 0 aliphatic rings. The van der Waals surface area contributed by atoms with Crippen molar-refractivity contribution in [2.75, 3.05) is 19.0 Å². The van der Waals surface area contributed by atoms with Gasteiger partial charge in [-0.25, -0.2) is 9.18 Å². The van der Waals surface area contributed by atoms with Gasteiger partial charge in [-0.2, -0.15) is 0 Å². The first kappa shape index (κ1) is 15.8. The van der Waals surface area contributed by atoms with Crippen LogP contribution >= 0.6 is 0 Å². The lowest BCUT2D eigenvalue weighted by Gasteiger charge is -2.14. The molecule has 0 atom stereocenters. The highest BCUT2D eigenvalue weighted by Gasteiger charge is 2.06. The summed E-state index contributed by atoms with van der Waals surface area (Å²) in [6.45, 7) is 0.610. The normalized spacial score (nSPS) is 10.1. The van der Waals surface area contributed by atoms with Gasteiger partial charge < -0.3 is 15.5 Å². The third-order valence-corrected chi connectivity index (χ3v) is 3.10. The van der Waals surface area contributed by atoms with E-state index in [9.17, 15) is 9.18 Å². The lowest BCUT2D eigenvalue weighted by Crippen LogP contribution is -2.34. The second kappa shape index (κ2) is 7.40. The van der Waals surface area contributed by atoms with Gasteiger partial charge in [0.05, 0.1) is 17.9 Å². The molecule has 116 valence electrons. The van der Waals surface area contributed by atoms with Gasteiger partial charge in [-0.15, -0.1) is 0 Å². The predicted octanol–water partition coefficient (Wildman–Crippen LogP) is 2.29. The van der Waals surface area contributed by atoms with E-state index in [2.05, 4.69) is 15.6 Å². The Hall–Kier alpha value is -2.63. The number of carbonyl (C=O) groups excluding carboxylic acids is 1. The summed E-state index contributed by atoms with van der Waals surface area (Å²) in [6, 6.07) is 10.1. The van der Waals surface area contributed by atoms with Crippen LogP contribution in [0.25, 0.3) is 0 Å². The Labute approximate surface area is 129 Å². The van der Waals surface area contributed by atoms with Crippen LogP contribution in [-0.4, -0.2) is 25.1 Å². The smallest absolute Gasteiger partial charge is 0.315 e. The maximum absolute atomic E-state index is 13.8. The van der Waals surface area contributed by atoms with E-state index >= 15 is 0 Å². The van der Waals surface area contributed by atoms with Crippen molar-refractivity contribution in [3.63, 3.8) is 0 Å². The molecule has 22 heavy (non-hydrogen) atoms. The zero-order valence-corrected chi connectivity index (χ0v) is 12.6. The molecule has 2 rings (SSSR count). The van der Waals surface area contributed by atoms with Crippen LogP contribution in [0.15, 0.2) is 42.6 Å². The number of nitrogens with one attached hydrogen (secondary N) is 2. The number of benzene rings is 1. The molecule has 0 saturated carbocycles. The molecule has 0 radical (unpaired) electrons. The SMILES string of the molecule is CN(C)c1ccc(CNC(=O)NCc2ccccn2)cc1F. The second-order valence-corrected chi connectivity index (χ2v) is 5.04. The monoisotopic (exact) mass is 302 g/mol. The van der Waals surface area contributed by atoms with Crippen LogP contribution in [-0.2, 0) is 13.1 Å². The van der Waals surface area contributed by atoms with Crippen LogP contribution in [0.4, 0.5) is 14.9 Å². The minimum Gasteiger partial charge on any atom is -0.375 e. The number of urea groups is 1. The summed E-state index contributed by atoms with van der Waals surface area (Å²) in [6.07, 6.45) is 1.67. The molecular formula is C16H19FN4O. The summed E-state index contributed by atoms with van der Waals surface area (Å²) < 4.78 is 13.8. The molecule has 0 bridgehead atoms. The molecule has 1 heterocycles. The lowest BCUT2D eigenvalue weighted by atomic mass is 10.2. The maximum Gasteiger partial charge on any atom is 0.315 e. The Morgan fingerprint density at radius 3 is 2.59 bits per heavy atom. The van der Waals surface area contributed by atoms with E-state index in [1.165, 1.54) is 6.07 Å². The third-order valence-electron chi connectivity index (χ3n) is 3.10. The molecule has 0 aliphatic heterocycles. The van der Waals surface area contributed by atoms with E-state index < -0.39 is 0 Å². The minimum absolute atomic E-state index is 0.263. The molecule has 1 aromatic heterocycles. The van der Waals surface area contributed by atoms with Crippen molar-refractivity contribution in [2.24, 2.45) is 0 Å². The molecule has 0 saturated heterocycles. The minimum atomic E-state index is -0.317. The molecule has 2 amide bonds. The summed E-state index contributed by atoms with van der Waals surface area (Å²) in [7, 11) is 3.56. The maximum atomic E-state index is 13.8. The summed E-state index contributed by atoms with van der Waals surface area (Å²) in [5, 5.41) is 5.39. The molecular weight excluding hydrogens is 283 g/mol. The Morgan fingerprint density at radius 1 is 1.18 bits per heavy atom. The molecule has 0 fully saturated rings. The number of carbonyl (C=O) groups is 1. The first-order chi connectivity index (χ1) is 10.6. The predicted molar refractivity (Wildman–Crippen MR) is 84.0 cm³/mol. The van der Waals surface area contributed by atoms with Gasteiger partial charge in [0.1, 0.15) is 5.82 Å². The zero-order chi connectivity index (χ0) is 15.9. The second-order valence-electron chi connectivity index (χ2n) is 5.04. The van der Waals surface area contributed by atoms with E-state index in [1.807, 2.05) is 18.2 Å². The van der Waals surface area contributed by atoms with Crippen molar-refractivity contribution < 1.29 is 9.18 Å². The highest BCUT2D eigenvalue weighted by molar-refractivity contribution is 5.73. The van der Waals surface area contributed by atoms with Crippen molar-refractivity contribution >= 4 is 11.7 Å². The van der Waals surface area contributed by atoms with Gasteiger partial charge in [0.25, 0.3) is 0 Å². The summed E-state index contributed by atoms with van der Waals surface area (Å²) >= 11 is 0. The first-order valence-electron chi connectivity index (χ1n) is 6.93. The topological polar surface area (TPSA) is 57.3 Å². The Balaban J connectivity index is 1.82. The average molecular weight is 302 g/mol. The highest BCUT2D eigenvalue weighted by atomic mass is 19.1. The number of hydrogen-bond donors (Lipinski definition) is 2. The van der Waals surface area contributed by atoms with Crippen molar-refractivity contribution in [1.82, 2.24) is 15.6 Å². The number of halogens is 1. The standard InChI is InChI=1S/C16H19FN4O/c1-21(2)15-7-6-12(9-14(15)17)10-19-16(22)20-11-13-5-3-4-8-18-13/h3-9H,10-11H2,1-2H3,(H2,19,20,22). The van der Waals surface area contributed by atoms with Crippen LogP contribution in [0.5, 0.6) is 0 Å². The molecule has 5 nitrogen and oxygen atoms in total. The number of pyridine rings is 1. The molecule has 2 aromatic rings. The number of anilines is 1. The van der Waals surface area contributed by atoms with E-state index in [1.54, 1.807) is 37.3 Å². The van der Waals surface area contributed by atoms with E-state index in [0.29, 0.717) is 17.8 Å². The van der Waals surface area contributed by atoms with E-state index in [-0.39, 0.29) is 18.4 Å². The van der Waals surface area contributed by atoms with Gasteiger partial charge in [0.15, 0.2) is 0 Å². The largest absolute Gasteiger partial charge is 0.375 e. The molecule has 0 spiro atoms. The third kappa shape index (κ3) is 4.44. The van der Waals surface area contributed by atoms with Gasteiger partial charge in [-0.1, -0.05) is 12.1 Å². The number of nitrogens with zero attached hydrogens (tertiary/aromatic N) is 2. The highest BCUT2D eigenvalue weighted by Crippen LogP contribution is 2.18. The Kier molecular flexibility index (Phi) is 5.30.